The van der Waals surface area contributed by atoms with Gasteiger partial charge in [0.1, 0.15) is 6.04 Å². The molecule has 2 aromatic rings. The van der Waals surface area contributed by atoms with Crippen molar-refractivity contribution in [2.75, 3.05) is 7.11 Å². The molecule has 0 fully saturated rings. The number of carbonyl (C=O) groups is 1. The third kappa shape index (κ3) is 3.86. The number of rotatable bonds is 5. The first kappa shape index (κ1) is 14.2. The Balaban J connectivity index is 2.14. The Labute approximate surface area is 124 Å². The summed E-state index contributed by atoms with van der Waals surface area (Å²) in [7, 11) is 1.38. The fraction of sp³-hybridized carbons (Fsp3) is 0.231. The molecule has 0 saturated heterocycles. The summed E-state index contributed by atoms with van der Waals surface area (Å²) in [5, 5.41) is 5.20. The van der Waals surface area contributed by atoms with E-state index in [0.29, 0.717) is 6.54 Å². The lowest BCUT2D eigenvalue weighted by Gasteiger charge is -2.16. The highest BCUT2D eigenvalue weighted by atomic mass is 79.9. The number of halogens is 1. The fourth-order valence-electron chi connectivity index (χ4n) is 1.66. The molecule has 0 aliphatic carbocycles. The van der Waals surface area contributed by atoms with Crippen LogP contribution < -0.4 is 5.32 Å². The number of aromatic nitrogens is 1. The van der Waals surface area contributed by atoms with Crippen molar-refractivity contribution in [1.29, 1.82) is 0 Å². The van der Waals surface area contributed by atoms with Crippen molar-refractivity contribution < 1.29 is 9.53 Å². The molecule has 0 amide bonds. The molecular formula is C13H13BrN2O2S. The van der Waals surface area contributed by atoms with Gasteiger partial charge in [0.05, 0.1) is 7.11 Å². The van der Waals surface area contributed by atoms with Gasteiger partial charge in [-0.3, -0.25) is 10.3 Å². The van der Waals surface area contributed by atoms with Crippen molar-refractivity contribution in [3.05, 3.63) is 50.9 Å². The van der Waals surface area contributed by atoms with Gasteiger partial charge in [-0.1, -0.05) is 6.07 Å². The Morgan fingerprint density at radius 1 is 1.58 bits per heavy atom. The Morgan fingerprint density at radius 3 is 3.05 bits per heavy atom. The van der Waals surface area contributed by atoms with Gasteiger partial charge in [0.15, 0.2) is 0 Å². The molecule has 0 spiro atoms. The SMILES string of the molecule is COC(=O)C(NCc1cccs1)c1cncc(Br)c1. The zero-order chi connectivity index (χ0) is 13.7. The van der Waals surface area contributed by atoms with E-state index >= 15 is 0 Å². The number of hydrogen-bond donors (Lipinski definition) is 1. The molecule has 0 radical (unpaired) electrons. The van der Waals surface area contributed by atoms with Crippen molar-refractivity contribution in [2.24, 2.45) is 0 Å². The molecule has 2 aromatic heterocycles. The normalized spacial score (nSPS) is 12.1. The molecule has 1 N–H and O–H groups in total. The monoisotopic (exact) mass is 340 g/mol. The highest BCUT2D eigenvalue weighted by Crippen LogP contribution is 2.19. The molecule has 1 unspecified atom stereocenters. The molecule has 0 bridgehead atoms. The summed E-state index contributed by atoms with van der Waals surface area (Å²) in [5.41, 5.74) is 0.776. The molecule has 6 heteroatoms. The Bertz CT molecular complexity index is 545. The van der Waals surface area contributed by atoms with Crippen molar-refractivity contribution in [2.45, 2.75) is 12.6 Å². The van der Waals surface area contributed by atoms with Gasteiger partial charge in [-0.15, -0.1) is 11.3 Å². The second-order valence-corrected chi connectivity index (χ2v) is 5.80. The molecule has 0 aromatic carbocycles. The van der Waals surface area contributed by atoms with E-state index in [1.54, 1.807) is 23.7 Å². The van der Waals surface area contributed by atoms with E-state index in [-0.39, 0.29) is 5.97 Å². The van der Waals surface area contributed by atoms with Crippen LogP contribution in [0.5, 0.6) is 0 Å². The number of carbonyl (C=O) groups excluding carboxylic acids is 1. The average molecular weight is 341 g/mol. The quantitative estimate of drug-likeness (QED) is 0.850. The molecule has 2 rings (SSSR count). The number of pyridine rings is 1. The first-order valence-corrected chi connectivity index (χ1v) is 7.32. The van der Waals surface area contributed by atoms with E-state index in [1.807, 2.05) is 23.6 Å². The van der Waals surface area contributed by atoms with Gasteiger partial charge in [0.2, 0.25) is 0 Å². The second-order valence-electron chi connectivity index (χ2n) is 3.85. The number of hydrogen-bond acceptors (Lipinski definition) is 5. The van der Waals surface area contributed by atoms with Crippen LogP contribution in [-0.2, 0) is 16.1 Å². The standard InChI is InChI=1S/C13H13BrN2O2S/c1-18-13(17)12(9-5-10(14)7-15-6-9)16-8-11-3-2-4-19-11/h2-7,12,16H,8H2,1H3. The molecule has 0 saturated carbocycles. The van der Waals surface area contributed by atoms with Crippen LogP contribution in [0.2, 0.25) is 0 Å². The van der Waals surface area contributed by atoms with E-state index in [1.165, 1.54) is 7.11 Å². The summed E-state index contributed by atoms with van der Waals surface area (Å²) in [6.45, 7) is 0.615. The highest BCUT2D eigenvalue weighted by molar-refractivity contribution is 9.10. The highest BCUT2D eigenvalue weighted by Gasteiger charge is 2.21. The zero-order valence-corrected chi connectivity index (χ0v) is 12.7. The number of nitrogens with zero attached hydrogens (tertiary/aromatic N) is 1. The second kappa shape index (κ2) is 6.79. The Kier molecular flexibility index (Phi) is 5.07. The van der Waals surface area contributed by atoms with Crippen LogP contribution in [0.25, 0.3) is 0 Å². The van der Waals surface area contributed by atoms with Crippen molar-refractivity contribution in [3.8, 4) is 0 Å². The number of nitrogens with one attached hydrogen (secondary N) is 1. The van der Waals surface area contributed by atoms with Crippen molar-refractivity contribution in [1.82, 2.24) is 10.3 Å². The number of thiophene rings is 1. The van der Waals surface area contributed by atoms with Gasteiger partial charge in [0, 0.05) is 28.3 Å². The summed E-state index contributed by atoms with van der Waals surface area (Å²) < 4.78 is 5.67. The molecule has 4 nitrogen and oxygen atoms in total. The molecule has 0 aliphatic rings. The van der Waals surface area contributed by atoms with Crippen LogP contribution in [0, 0.1) is 0 Å². The van der Waals surface area contributed by atoms with Crippen LogP contribution in [-0.4, -0.2) is 18.1 Å². The van der Waals surface area contributed by atoms with Gasteiger partial charge >= 0.3 is 5.97 Å². The zero-order valence-electron chi connectivity index (χ0n) is 10.3. The smallest absolute Gasteiger partial charge is 0.327 e. The summed E-state index contributed by atoms with van der Waals surface area (Å²) in [6.07, 6.45) is 3.34. The molecule has 0 aliphatic heterocycles. The van der Waals surface area contributed by atoms with Crippen molar-refractivity contribution >= 4 is 33.2 Å². The third-order valence-corrected chi connectivity index (χ3v) is 3.87. The van der Waals surface area contributed by atoms with Crippen LogP contribution >= 0.6 is 27.3 Å². The summed E-state index contributed by atoms with van der Waals surface area (Å²) >= 11 is 4.99. The fourth-order valence-corrected chi connectivity index (χ4v) is 2.70. The summed E-state index contributed by atoms with van der Waals surface area (Å²) in [5.74, 6) is -0.323. The lowest BCUT2D eigenvalue weighted by Crippen LogP contribution is -2.29. The maximum absolute atomic E-state index is 11.9. The van der Waals surface area contributed by atoms with Gasteiger partial charge in [0.25, 0.3) is 0 Å². The Morgan fingerprint density at radius 2 is 2.42 bits per heavy atom. The van der Waals surface area contributed by atoms with E-state index in [9.17, 15) is 4.79 Å². The Hall–Kier alpha value is -1.24. The van der Waals surface area contributed by atoms with Crippen LogP contribution in [0.1, 0.15) is 16.5 Å². The minimum Gasteiger partial charge on any atom is -0.468 e. The third-order valence-electron chi connectivity index (χ3n) is 2.56. The van der Waals surface area contributed by atoms with E-state index < -0.39 is 6.04 Å². The van der Waals surface area contributed by atoms with Gasteiger partial charge in [-0.2, -0.15) is 0 Å². The number of ether oxygens (including phenoxy) is 1. The number of esters is 1. The predicted octanol–water partition coefficient (Wildman–Crippen LogP) is 2.91. The lowest BCUT2D eigenvalue weighted by atomic mass is 10.1. The van der Waals surface area contributed by atoms with Crippen LogP contribution in [0.3, 0.4) is 0 Å². The maximum Gasteiger partial charge on any atom is 0.327 e. The molecular weight excluding hydrogens is 328 g/mol. The van der Waals surface area contributed by atoms with Crippen LogP contribution in [0.4, 0.5) is 0 Å². The number of methoxy groups -OCH3 is 1. The largest absolute Gasteiger partial charge is 0.468 e. The lowest BCUT2D eigenvalue weighted by molar-refractivity contribution is -0.143. The van der Waals surface area contributed by atoms with E-state index in [4.69, 9.17) is 4.74 Å². The minimum absolute atomic E-state index is 0.323. The van der Waals surface area contributed by atoms with Gasteiger partial charge in [-0.05, 0) is 39.0 Å². The minimum atomic E-state index is -0.517. The first-order chi connectivity index (χ1) is 9.20. The molecule has 100 valence electrons. The molecule has 19 heavy (non-hydrogen) atoms. The van der Waals surface area contributed by atoms with Gasteiger partial charge in [-0.25, -0.2) is 4.79 Å². The average Bonchev–Trinajstić information content (AvgIpc) is 2.92. The van der Waals surface area contributed by atoms with Crippen molar-refractivity contribution in [3.63, 3.8) is 0 Å². The summed E-state index contributed by atoms with van der Waals surface area (Å²) in [4.78, 5) is 17.1. The van der Waals surface area contributed by atoms with E-state index in [2.05, 4.69) is 26.2 Å². The van der Waals surface area contributed by atoms with E-state index in [0.717, 1.165) is 14.9 Å². The first-order valence-electron chi connectivity index (χ1n) is 5.64. The maximum atomic E-state index is 11.9. The molecule has 2 heterocycles. The summed E-state index contributed by atoms with van der Waals surface area (Å²) in [6, 6.07) is 5.34. The predicted molar refractivity (Wildman–Crippen MR) is 77.9 cm³/mol. The molecule has 1 atom stereocenters. The van der Waals surface area contributed by atoms with Crippen LogP contribution in [0.15, 0.2) is 40.4 Å². The van der Waals surface area contributed by atoms with Gasteiger partial charge < -0.3 is 4.74 Å². The topological polar surface area (TPSA) is 51.2 Å².